The van der Waals surface area contributed by atoms with Crippen molar-refractivity contribution < 1.29 is 4.79 Å². The fraction of sp³-hybridized carbons (Fsp3) is 0.917. The highest BCUT2D eigenvalue weighted by Gasteiger charge is 2.13. The summed E-state index contributed by atoms with van der Waals surface area (Å²) in [4.78, 5) is 11.4. The molecule has 0 aromatic heterocycles. The fourth-order valence-corrected chi connectivity index (χ4v) is 2.01. The van der Waals surface area contributed by atoms with E-state index in [0.29, 0.717) is 12.5 Å². The lowest BCUT2D eigenvalue weighted by atomic mass is 10.1. The van der Waals surface area contributed by atoms with Crippen LogP contribution < -0.4 is 10.6 Å². The molecule has 1 fully saturated rings. The number of carbonyl (C=O) groups is 1. The van der Waals surface area contributed by atoms with E-state index in [9.17, 15) is 4.79 Å². The first-order chi connectivity index (χ1) is 7.33. The molecule has 0 aliphatic carbocycles. The molecule has 0 aromatic carbocycles. The van der Waals surface area contributed by atoms with E-state index in [1.165, 1.54) is 19.3 Å². The number of nitrogens with one attached hydrogen (secondary N) is 2. The molecule has 0 bridgehead atoms. The molecule has 0 radical (unpaired) electrons. The number of hydrogen-bond acceptors (Lipinski definition) is 2. The van der Waals surface area contributed by atoms with Gasteiger partial charge in [0.25, 0.3) is 0 Å². The molecule has 0 spiro atoms. The summed E-state index contributed by atoms with van der Waals surface area (Å²) in [6.45, 7) is 4.14. The van der Waals surface area contributed by atoms with Crippen LogP contribution in [0.5, 0.6) is 0 Å². The Hall–Kier alpha value is -0.570. The first kappa shape index (κ1) is 12.5. The number of unbranched alkanes of at least 4 members (excludes halogenated alkanes) is 2. The van der Waals surface area contributed by atoms with Gasteiger partial charge in [0.15, 0.2) is 0 Å². The number of amides is 1. The molecule has 1 saturated heterocycles. The highest BCUT2D eigenvalue weighted by atomic mass is 16.1. The third-order valence-electron chi connectivity index (χ3n) is 2.98. The predicted octanol–water partition coefficient (Wildman–Crippen LogP) is 1.82. The van der Waals surface area contributed by atoms with Crippen molar-refractivity contribution in [1.29, 1.82) is 0 Å². The van der Waals surface area contributed by atoms with Gasteiger partial charge in [-0.05, 0) is 32.2 Å². The molecule has 1 aliphatic heterocycles. The predicted molar refractivity (Wildman–Crippen MR) is 62.8 cm³/mol. The van der Waals surface area contributed by atoms with Crippen molar-refractivity contribution in [3.05, 3.63) is 0 Å². The van der Waals surface area contributed by atoms with Gasteiger partial charge < -0.3 is 10.6 Å². The van der Waals surface area contributed by atoms with Crippen molar-refractivity contribution in [1.82, 2.24) is 10.6 Å². The van der Waals surface area contributed by atoms with E-state index in [1.807, 2.05) is 0 Å². The minimum absolute atomic E-state index is 0.224. The van der Waals surface area contributed by atoms with Gasteiger partial charge in [0.1, 0.15) is 0 Å². The summed E-state index contributed by atoms with van der Waals surface area (Å²) in [5.41, 5.74) is 0. The van der Waals surface area contributed by atoms with Gasteiger partial charge in [0.05, 0.1) is 0 Å². The van der Waals surface area contributed by atoms with Gasteiger partial charge in [-0.3, -0.25) is 4.79 Å². The summed E-state index contributed by atoms with van der Waals surface area (Å²) >= 11 is 0. The molecular weight excluding hydrogens is 188 g/mol. The van der Waals surface area contributed by atoms with Gasteiger partial charge in [-0.15, -0.1) is 0 Å². The lowest BCUT2D eigenvalue weighted by Gasteiger charge is -2.10. The summed E-state index contributed by atoms with van der Waals surface area (Å²) < 4.78 is 0. The first-order valence-electron chi connectivity index (χ1n) is 6.33. The number of carbonyl (C=O) groups excluding carboxylic acids is 1. The maximum absolute atomic E-state index is 11.4. The molecule has 0 saturated carbocycles. The molecule has 1 atom stereocenters. The maximum atomic E-state index is 11.4. The van der Waals surface area contributed by atoms with Gasteiger partial charge in [-0.25, -0.2) is 0 Å². The normalized spacial score (nSPS) is 20.5. The average Bonchev–Trinajstić information content (AvgIpc) is 2.71. The zero-order valence-corrected chi connectivity index (χ0v) is 9.85. The van der Waals surface area contributed by atoms with Crippen molar-refractivity contribution in [2.24, 2.45) is 0 Å². The molecule has 1 amide bonds. The van der Waals surface area contributed by atoms with E-state index < -0.39 is 0 Å². The van der Waals surface area contributed by atoms with Crippen molar-refractivity contribution in [2.75, 3.05) is 13.1 Å². The summed E-state index contributed by atoms with van der Waals surface area (Å²) in [5, 5.41) is 6.42. The van der Waals surface area contributed by atoms with E-state index in [2.05, 4.69) is 17.6 Å². The summed E-state index contributed by atoms with van der Waals surface area (Å²) in [6, 6.07) is 0.640. The van der Waals surface area contributed by atoms with Gasteiger partial charge in [0, 0.05) is 19.0 Å². The first-order valence-corrected chi connectivity index (χ1v) is 6.33. The van der Waals surface area contributed by atoms with Crippen LogP contribution in [0.2, 0.25) is 0 Å². The monoisotopic (exact) mass is 212 g/mol. The lowest BCUT2D eigenvalue weighted by Crippen LogP contribution is -2.30. The van der Waals surface area contributed by atoms with Crippen LogP contribution in [0, 0.1) is 0 Å². The Kier molecular flexibility index (Phi) is 6.41. The van der Waals surface area contributed by atoms with Gasteiger partial charge in [-0.1, -0.05) is 19.8 Å². The maximum Gasteiger partial charge on any atom is 0.219 e. The second kappa shape index (κ2) is 7.69. The Morgan fingerprint density at radius 2 is 2.33 bits per heavy atom. The van der Waals surface area contributed by atoms with E-state index in [0.717, 1.165) is 32.4 Å². The lowest BCUT2D eigenvalue weighted by molar-refractivity contribution is -0.121. The van der Waals surface area contributed by atoms with Gasteiger partial charge >= 0.3 is 0 Å². The highest BCUT2D eigenvalue weighted by molar-refractivity contribution is 5.75. The molecule has 15 heavy (non-hydrogen) atoms. The van der Waals surface area contributed by atoms with Crippen LogP contribution in [0.25, 0.3) is 0 Å². The van der Waals surface area contributed by atoms with Crippen molar-refractivity contribution in [3.8, 4) is 0 Å². The molecule has 1 unspecified atom stereocenters. The van der Waals surface area contributed by atoms with E-state index >= 15 is 0 Å². The molecule has 1 aliphatic rings. The fourth-order valence-electron chi connectivity index (χ4n) is 2.01. The zero-order chi connectivity index (χ0) is 10.9. The molecule has 2 N–H and O–H groups in total. The highest BCUT2D eigenvalue weighted by Crippen LogP contribution is 2.07. The van der Waals surface area contributed by atoms with Crippen LogP contribution in [0.15, 0.2) is 0 Å². The second-order valence-electron chi connectivity index (χ2n) is 4.39. The van der Waals surface area contributed by atoms with Crippen molar-refractivity contribution >= 4 is 5.91 Å². The summed E-state index contributed by atoms with van der Waals surface area (Å²) in [6.07, 6.45) is 7.72. The Labute approximate surface area is 93.0 Å². The van der Waals surface area contributed by atoms with Crippen LogP contribution >= 0.6 is 0 Å². The molecule has 3 nitrogen and oxygen atoms in total. The molecule has 88 valence electrons. The van der Waals surface area contributed by atoms with Crippen LogP contribution in [-0.2, 0) is 4.79 Å². The molecule has 3 heteroatoms. The number of rotatable bonds is 7. The Morgan fingerprint density at radius 1 is 1.47 bits per heavy atom. The molecule has 0 aromatic rings. The van der Waals surface area contributed by atoms with Gasteiger partial charge in [-0.2, -0.15) is 0 Å². The smallest absolute Gasteiger partial charge is 0.219 e. The topological polar surface area (TPSA) is 41.1 Å². The molecule has 1 heterocycles. The van der Waals surface area contributed by atoms with Gasteiger partial charge in [0.2, 0.25) is 5.91 Å². The standard InChI is InChI=1S/C12H24N2O/c1-2-3-4-7-12(15)14-10-8-11-6-5-9-13-11/h11,13H,2-10H2,1H3,(H,14,15). The Morgan fingerprint density at radius 3 is 3.00 bits per heavy atom. The van der Waals surface area contributed by atoms with Crippen molar-refractivity contribution in [3.63, 3.8) is 0 Å². The molecule has 1 rings (SSSR count). The van der Waals surface area contributed by atoms with Crippen LogP contribution in [-0.4, -0.2) is 25.0 Å². The minimum atomic E-state index is 0.224. The van der Waals surface area contributed by atoms with Crippen LogP contribution in [0.4, 0.5) is 0 Å². The third-order valence-corrected chi connectivity index (χ3v) is 2.98. The van der Waals surface area contributed by atoms with E-state index in [-0.39, 0.29) is 5.91 Å². The zero-order valence-electron chi connectivity index (χ0n) is 9.85. The Bertz CT molecular complexity index is 176. The van der Waals surface area contributed by atoms with Crippen molar-refractivity contribution in [2.45, 2.75) is 57.9 Å². The summed E-state index contributed by atoms with van der Waals surface area (Å²) in [7, 11) is 0. The second-order valence-corrected chi connectivity index (χ2v) is 4.39. The number of hydrogen-bond donors (Lipinski definition) is 2. The SMILES string of the molecule is CCCCCC(=O)NCCC1CCCN1. The largest absolute Gasteiger partial charge is 0.356 e. The van der Waals surface area contributed by atoms with Crippen LogP contribution in [0.3, 0.4) is 0 Å². The average molecular weight is 212 g/mol. The Balaban J connectivity index is 1.91. The van der Waals surface area contributed by atoms with Crippen LogP contribution in [0.1, 0.15) is 51.9 Å². The minimum Gasteiger partial charge on any atom is -0.356 e. The quantitative estimate of drug-likeness (QED) is 0.632. The van der Waals surface area contributed by atoms with E-state index in [1.54, 1.807) is 0 Å². The summed E-state index contributed by atoms with van der Waals surface area (Å²) in [5.74, 6) is 0.224. The molecular formula is C12H24N2O. The third kappa shape index (κ3) is 5.78. The van der Waals surface area contributed by atoms with E-state index in [4.69, 9.17) is 0 Å².